The summed E-state index contributed by atoms with van der Waals surface area (Å²) in [6, 6.07) is 29.5. The summed E-state index contributed by atoms with van der Waals surface area (Å²) in [4.78, 5) is 0. The van der Waals surface area contributed by atoms with E-state index in [0.29, 0.717) is 0 Å². The van der Waals surface area contributed by atoms with Gasteiger partial charge in [-0.3, -0.25) is 0 Å². The Morgan fingerprint density at radius 1 is 0.655 bits per heavy atom. The molecule has 0 spiro atoms. The van der Waals surface area contributed by atoms with Gasteiger partial charge in [0.1, 0.15) is 0 Å². The van der Waals surface area contributed by atoms with Gasteiger partial charge in [0.15, 0.2) is 0 Å². The van der Waals surface area contributed by atoms with Crippen LogP contribution in [0.15, 0.2) is 78.9 Å². The zero-order valence-corrected chi connectivity index (χ0v) is 17.7. The fourth-order valence-electron chi connectivity index (χ4n) is 5.03. The number of rotatable bonds is 1. The molecule has 29 heavy (non-hydrogen) atoms. The third-order valence-corrected chi connectivity index (χ3v) is 7.68. The maximum atomic E-state index is 2.44. The van der Waals surface area contributed by atoms with Gasteiger partial charge in [0.05, 0.1) is 0 Å². The van der Waals surface area contributed by atoms with Crippen molar-refractivity contribution in [3.8, 4) is 22.3 Å². The van der Waals surface area contributed by atoms with E-state index in [-0.39, 0.29) is 5.41 Å². The summed E-state index contributed by atoms with van der Waals surface area (Å²) in [6.07, 6.45) is 0. The number of benzene rings is 4. The predicted octanol–water partition coefficient (Wildman–Crippen LogP) is 8.34. The lowest BCUT2D eigenvalue weighted by Gasteiger charge is -2.22. The molecule has 0 aliphatic heterocycles. The number of thiophene rings is 1. The lowest BCUT2D eigenvalue weighted by Crippen LogP contribution is -2.15. The molecule has 0 fully saturated rings. The van der Waals surface area contributed by atoms with Crippen molar-refractivity contribution in [2.45, 2.75) is 26.2 Å². The first-order chi connectivity index (χ1) is 14.0. The van der Waals surface area contributed by atoms with Crippen molar-refractivity contribution in [2.75, 3.05) is 0 Å². The van der Waals surface area contributed by atoms with Gasteiger partial charge in [-0.05, 0) is 58.5 Å². The van der Waals surface area contributed by atoms with Gasteiger partial charge in [0.2, 0.25) is 0 Å². The Morgan fingerprint density at radius 3 is 2.24 bits per heavy atom. The Morgan fingerprint density at radius 2 is 1.38 bits per heavy atom. The van der Waals surface area contributed by atoms with Crippen molar-refractivity contribution in [1.29, 1.82) is 0 Å². The normalized spacial score (nSPS) is 14.3. The first kappa shape index (κ1) is 17.0. The maximum Gasteiger partial charge on any atom is 0.0361 e. The topological polar surface area (TPSA) is 0 Å². The highest BCUT2D eigenvalue weighted by molar-refractivity contribution is 7.25. The van der Waals surface area contributed by atoms with Crippen LogP contribution in [0.4, 0.5) is 0 Å². The number of hydrogen-bond acceptors (Lipinski definition) is 1. The van der Waals surface area contributed by atoms with Crippen LogP contribution in [0, 0.1) is 6.92 Å². The summed E-state index contributed by atoms with van der Waals surface area (Å²) in [5, 5.41) is 2.75. The lowest BCUT2D eigenvalue weighted by molar-refractivity contribution is 0.660. The Bertz CT molecular complexity index is 1430. The van der Waals surface area contributed by atoms with Crippen molar-refractivity contribution < 1.29 is 0 Å². The average Bonchev–Trinajstić information content (AvgIpc) is 3.21. The minimum atomic E-state index is 0.0251. The van der Waals surface area contributed by atoms with Gasteiger partial charge >= 0.3 is 0 Å². The van der Waals surface area contributed by atoms with Crippen LogP contribution < -0.4 is 0 Å². The highest BCUT2D eigenvalue weighted by Crippen LogP contribution is 2.50. The molecule has 1 aliphatic carbocycles. The molecule has 4 aromatic carbocycles. The van der Waals surface area contributed by atoms with Gasteiger partial charge in [0.25, 0.3) is 0 Å². The standard InChI is InChI=1S/C28H22S/c1-17-11-13-20-21-14-12-18(16-24(21)28(2,3)23(20)15-17)19-8-6-10-26-27(19)22-7-4-5-9-25(22)29-26/h4-16H,1-3H3. The molecule has 1 heteroatoms. The predicted molar refractivity (Wildman–Crippen MR) is 127 cm³/mol. The van der Waals surface area contributed by atoms with E-state index in [4.69, 9.17) is 0 Å². The highest BCUT2D eigenvalue weighted by Gasteiger charge is 2.35. The van der Waals surface area contributed by atoms with Gasteiger partial charge < -0.3 is 0 Å². The summed E-state index contributed by atoms with van der Waals surface area (Å²) in [5.41, 5.74) is 9.67. The molecule has 140 valence electrons. The van der Waals surface area contributed by atoms with E-state index in [0.717, 1.165) is 0 Å². The molecule has 5 aromatic rings. The Hall–Kier alpha value is -2.90. The molecular weight excluding hydrogens is 368 g/mol. The molecule has 0 radical (unpaired) electrons. The summed E-state index contributed by atoms with van der Waals surface area (Å²) < 4.78 is 2.72. The molecule has 0 amide bonds. The molecule has 1 aliphatic rings. The van der Waals surface area contributed by atoms with Crippen molar-refractivity contribution in [1.82, 2.24) is 0 Å². The van der Waals surface area contributed by atoms with Crippen LogP contribution in [0.5, 0.6) is 0 Å². The molecule has 0 unspecified atom stereocenters. The van der Waals surface area contributed by atoms with E-state index >= 15 is 0 Å². The summed E-state index contributed by atoms with van der Waals surface area (Å²) in [5.74, 6) is 0. The van der Waals surface area contributed by atoms with Crippen LogP contribution in [-0.2, 0) is 5.41 Å². The monoisotopic (exact) mass is 390 g/mol. The second kappa shape index (κ2) is 5.81. The second-order valence-corrected chi connectivity index (χ2v) is 9.80. The molecule has 0 saturated heterocycles. The summed E-state index contributed by atoms with van der Waals surface area (Å²) >= 11 is 1.89. The quantitative estimate of drug-likeness (QED) is 0.270. The van der Waals surface area contributed by atoms with Crippen LogP contribution in [0.25, 0.3) is 42.4 Å². The van der Waals surface area contributed by atoms with Gasteiger partial charge in [-0.15, -0.1) is 11.3 Å². The average molecular weight is 391 g/mol. The van der Waals surface area contributed by atoms with Gasteiger partial charge in [0, 0.05) is 25.6 Å². The van der Waals surface area contributed by atoms with Crippen molar-refractivity contribution in [3.63, 3.8) is 0 Å². The molecule has 1 aromatic heterocycles. The molecule has 0 atom stereocenters. The first-order valence-corrected chi connectivity index (χ1v) is 11.0. The van der Waals surface area contributed by atoms with Crippen LogP contribution in [0.1, 0.15) is 30.5 Å². The first-order valence-electron chi connectivity index (χ1n) is 10.2. The van der Waals surface area contributed by atoms with Crippen LogP contribution in [-0.4, -0.2) is 0 Å². The zero-order chi connectivity index (χ0) is 19.8. The smallest absolute Gasteiger partial charge is 0.0361 e. The third-order valence-electron chi connectivity index (χ3n) is 6.55. The van der Waals surface area contributed by atoms with E-state index in [1.807, 2.05) is 11.3 Å². The number of hydrogen-bond donors (Lipinski definition) is 0. The minimum absolute atomic E-state index is 0.0251. The summed E-state index contributed by atoms with van der Waals surface area (Å²) in [6.45, 7) is 6.91. The van der Waals surface area contributed by atoms with Crippen molar-refractivity contribution in [2.24, 2.45) is 0 Å². The van der Waals surface area contributed by atoms with Crippen molar-refractivity contribution >= 4 is 31.5 Å². The zero-order valence-electron chi connectivity index (χ0n) is 16.9. The van der Waals surface area contributed by atoms with Gasteiger partial charge in [-0.25, -0.2) is 0 Å². The van der Waals surface area contributed by atoms with E-state index in [1.165, 1.54) is 59.1 Å². The minimum Gasteiger partial charge on any atom is -0.135 e. The molecule has 0 N–H and O–H groups in total. The van der Waals surface area contributed by atoms with Gasteiger partial charge in [-0.1, -0.05) is 80.1 Å². The SMILES string of the molecule is Cc1ccc2c(c1)C(C)(C)c1cc(-c3cccc4sc5ccccc5c34)ccc1-2. The second-order valence-electron chi connectivity index (χ2n) is 8.71. The Kier molecular flexibility index (Phi) is 3.40. The molecule has 1 heterocycles. The fraction of sp³-hybridized carbons (Fsp3) is 0.143. The molecule has 0 nitrogen and oxygen atoms in total. The molecule has 6 rings (SSSR count). The Labute approximate surface area is 175 Å². The van der Waals surface area contributed by atoms with Gasteiger partial charge in [-0.2, -0.15) is 0 Å². The van der Waals surface area contributed by atoms with E-state index < -0.39 is 0 Å². The molecule has 0 saturated carbocycles. The van der Waals surface area contributed by atoms with E-state index in [1.54, 1.807) is 0 Å². The van der Waals surface area contributed by atoms with Crippen LogP contribution in [0.3, 0.4) is 0 Å². The fourth-order valence-corrected chi connectivity index (χ4v) is 6.17. The maximum absolute atomic E-state index is 2.44. The Balaban J connectivity index is 1.62. The largest absolute Gasteiger partial charge is 0.135 e. The lowest BCUT2D eigenvalue weighted by atomic mass is 9.81. The van der Waals surface area contributed by atoms with E-state index in [9.17, 15) is 0 Å². The summed E-state index contributed by atoms with van der Waals surface area (Å²) in [7, 11) is 0. The van der Waals surface area contributed by atoms with Crippen molar-refractivity contribution in [3.05, 3.63) is 95.6 Å². The van der Waals surface area contributed by atoms with Crippen LogP contribution in [0.2, 0.25) is 0 Å². The number of aryl methyl sites for hydroxylation is 1. The molecular formula is C28H22S. The third kappa shape index (κ3) is 2.31. The molecule has 0 bridgehead atoms. The highest BCUT2D eigenvalue weighted by atomic mass is 32.1. The van der Waals surface area contributed by atoms with Crippen LogP contribution >= 0.6 is 11.3 Å². The number of fused-ring (bicyclic) bond motifs is 6. The van der Waals surface area contributed by atoms with E-state index in [2.05, 4.69) is 99.6 Å².